The van der Waals surface area contributed by atoms with Gasteiger partial charge >= 0.3 is 6.09 Å². The molecule has 0 saturated carbocycles. The minimum atomic E-state index is -2.66. The van der Waals surface area contributed by atoms with E-state index in [1.165, 1.54) is 0 Å². The number of amides is 1. The van der Waals surface area contributed by atoms with Gasteiger partial charge in [-0.05, 0) is 24.3 Å². The SMILES string of the molecule is C#CCOC(=O)N=P1(c2ccccc2)c2ccccc2Oc2ccccc21. The maximum Gasteiger partial charge on any atom is 0.434 e. The molecule has 0 saturated heterocycles. The van der Waals surface area contributed by atoms with Crippen LogP contribution in [0.3, 0.4) is 0 Å². The van der Waals surface area contributed by atoms with Crippen molar-refractivity contribution in [1.29, 1.82) is 0 Å². The summed E-state index contributed by atoms with van der Waals surface area (Å²) in [6.45, 7) is -0.114. The van der Waals surface area contributed by atoms with Crippen LogP contribution in [0.15, 0.2) is 83.6 Å². The molecule has 0 aromatic heterocycles. The molecule has 4 rings (SSSR count). The van der Waals surface area contributed by atoms with Crippen molar-refractivity contribution in [3.8, 4) is 23.8 Å². The van der Waals surface area contributed by atoms with Crippen LogP contribution in [0.2, 0.25) is 0 Å². The first-order chi connectivity index (χ1) is 13.3. The molecule has 5 heteroatoms. The third-order valence-electron chi connectivity index (χ3n) is 4.29. The lowest BCUT2D eigenvalue weighted by atomic mass is 10.3. The van der Waals surface area contributed by atoms with Gasteiger partial charge in [-0.25, -0.2) is 4.79 Å². The van der Waals surface area contributed by atoms with E-state index in [2.05, 4.69) is 10.7 Å². The monoisotopic (exact) mass is 373 g/mol. The van der Waals surface area contributed by atoms with Crippen molar-refractivity contribution in [1.82, 2.24) is 0 Å². The molecule has 27 heavy (non-hydrogen) atoms. The van der Waals surface area contributed by atoms with Gasteiger partial charge in [0.05, 0.1) is 7.05 Å². The fraction of sp³-hybridized carbons (Fsp3) is 0.0455. The van der Waals surface area contributed by atoms with Crippen LogP contribution in [0.5, 0.6) is 11.5 Å². The molecule has 3 aromatic rings. The Morgan fingerprint density at radius 1 is 0.926 bits per heavy atom. The maximum atomic E-state index is 12.6. The van der Waals surface area contributed by atoms with Gasteiger partial charge in [0.1, 0.15) is 11.5 Å². The lowest BCUT2D eigenvalue weighted by Crippen LogP contribution is -2.31. The topological polar surface area (TPSA) is 47.9 Å². The summed E-state index contributed by atoms with van der Waals surface area (Å²) in [4.78, 5) is 12.6. The fourth-order valence-electron chi connectivity index (χ4n) is 3.21. The lowest BCUT2D eigenvalue weighted by Gasteiger charge is -2.33. The summed E-state index contributed by atoms with van der Waals surface area (Å²) < 4.78 is 15.8. The Kier molecular flexibility index (Phi) is 4.54. The number of benzene rings is 3. The van der Waals surface area contributed by atoms with Crippen LogP contribution in [-0.2, 0) is 4.74 Å². The first-order valence-corrected chi connectivity index (χ1v) is 10.1. The Morgan fingerprint density at radius 2 is 1.48 bits per heavy atom. The Balaban J connectivity index is 2.09. The summed E-state index contributed by atoms with van der Waals surface area (Å²) in [5.41, 5.74) is 0. The molecule has 0 aliphatic carbocycles. The van der Waals surface area contributed by atoms with Crippen molar-refractivity contribution in [2.75, 3.05) is 6.61 Å². The number of para-hydroxylation sites is 2. The highest BCUT2D eigenvalue weighted by Gasteiger charge is 2.37. The average molecular weight is 373 g/mol. The fourth-order valence-corrected chi connectivity index (χ4v) is 6.75. The van der Waals surface area contributed by atoms with E-state index < -0.39 is 13.1 Å². The molecule has 4 nitrogen and oxygen atoms in total. The van der Waals surface area contributed by atoms with Crippen LogP contribution in [0.25, 0.3) is 0 Å². The third-order valence-corrected chi connectivity index (χ3v) is 7.93. The van der Waals surface area contributed by atoms with E-state index in [0.29, 0.717) is 11.5 Å². The van der Waals surface area contributed by atoms with Crippen LogP contribution in [0, 0.1) is 12.3 Å². The number of rotatable bonds is 2. The first kappa shape index (κ1) is 17.1. The minimum Gasteiger partial charge on any atom is -0.456 e. The van der Waals surface area contributed by atoms with E-state index in [1.807, 2.05) is 78.9 Å². The molecule has 0 spiro atoms. The van der Waals surface area contributed by atoms with Gasteiger partial charge in [-0.3, -0.25) is 0 Å². The minimum absolute atomic E-state index is 0.114. The predicted molar refractivity (Wildman–Crippen MR) is 108 cm³/mol. The summed E-state index contributed by atoms with van der Waals surface area (Å²) in [5.74, 6) is 3.70. The van der Waals surface area contributed by atoms with Gasteiger partial charge in [-0.1, -0.05) is 60.5 Å². The van der Waals surface area contributed by atoms with Crippen LogP contribution < -0.4 is 20.7 Å². The van der Waals surface area contributed by atoms with Gasteiger partial charge in [0, 0.05) is 15.9 Å². The van der Waals surface area contributed by atoms with E-state index in [4.69, 9.17) is 15.9 Å². The second-order valence-corrected chi connectivity index (χ2v) is 8.82. The zero-order valence-corrected chi connectivity index (χ0v) is 15.3. The van der Waals surface area contributed by atoms with Gasteiger partial charge in [-0.15, -0.1) is 6.42 Å². The first-order valence-electron chi connectivity index (χ1n) is 8.41. The van der Waals surface area contributed by atoms with Gasteiger partial charge < -0.3 is 9.47 Å². The highest BCUT2D eigenvalue weighted by Crippen LogP contribution is 2.54. The Hall–Kier alpha value is -3.28. The van der Waals surface area contributed by atoms with Crippen molar-refractivity contribution in [3.05, 3.63) is 78.9 Å². The Morgan fingerprint density at radius 3 is 2.07 bits per heavy atom. The number of nitrogens with zero attached hydrogens (tertiary/aromatic N) is 1. The normalized spacial score (nSPS) is 13.3. The smallest absolute Gasteiger partial charge is 0.434 e. The molecule has 0 N–H and O–H groups in total. The summed E-state index contributed by atoms with van der Waals surface area (Å²) in [7, 11) is -2.66. The summed E-state index contributed by atoms with van der Waals surface area (Å²) in [6, 6.07) is 25.2. The maximum absolute atomic E-state index is 12.6. The third kappa shape index (κ3) is 2.93. The second-order valence-electron chi connectivity index (χ2n) is 5.87. The van der Waals surface area contributed by atoms with Gasteiger partial charge in [0.15, 0.2) is 6.61 Å². The van der Waals surface area contributed by atoms with E-state index in [-0.39, 0.29) is 6.61 Å². The second kappa shape index (κ2) is 7.15. The summed E-state index contributed by atoms with van der Waals surface area (Å²) in [6.07, 6.45) is 4.56. The molecular weight excluding hydrogens is 357 g/mol. The van der Waals surface area contributed by atoms with E-state index in [9.17, 15) is 4.79 Å². The van der Waals surface area contributed by atoms with Gasteiger partial charge in [-0.2, -0.15) is 4.74 Å². The number of terminal acetylenes is 1. The van der Waals surface area contributed by atoms with Crippen molar-refractivity contribution < 1.29 is 14.3 Å². The zero-order valence-electron chi connectivity index (χ0n) is 14.4. The highest BCUT2D eigenvalue weighted by molar-refractivity contribution is 7.88. The predicted octanol–water partition coefficient (Wildman–Crippen LogP) is 4.04. The number of hydrogen-bond acceptors (Lipinski definition) is 3. The van der Waals surface area contributed by atoms with E-state index in [0.717, 1.165) is 15.9 Å². The van der Waals surface area contributed by atoms with Crippen molar-refractivity contribution >= 4 is 29.1 Å². The van der Waals surface area contributed by atoms with Gasteiger partial charge in [0.2, 0.25) is 0 Å². The number of ether oxygens (including phenoxy) is 2. The molecule has 3 aromatic carbocycles. The van der Waals surface area contributed by atoms with Crippen molar-refractivity contribution in [3.63, 3.8) is 0 Å². The Labute approximate surface area is 157 Å². The number of carbonyl (C=O) groups excluding carboxylic acids is 1. The van der Waals surface area contributed by atoms with Crippen LogP contribution in [0.4, 0.5) is 4.79 Å². The molecule has 0 unspecified atom stereocenters. The quantitative estimate of drug-likeness (QED) is 0.394. The van der Waals surface area contributed by atoms with Crippen LogP contribution >= 0.6 is 7.05 Å². The van der Waals surface area contributed by atoms with Gasteiger partial charge in [0.25, 0.3) is 0 Å². The van der Waals surface area contributed by atoms with Crippen molar-refractivity contribution in [2.45, 2.75) is 0 Å². The number of hydrogen-bond donors (Lipinski definition) is 0. The molecule has 1 amide bonds. The molecule has 0 atom stereocenters. The zero-order chi connectivity index (χ0) is 18.7. The molecular formula is C22H16NO3P. The molecule has 132 valence electrons. The largest absolute Gasteiger partial charge is 0.456 e. The molecule has 1 heterocycles. The van der Waals surface area contributed by atoms with E-state index in [1.54, 1.807) is 0 Å². The summed E-state index contributed by atoms with van der Waals surface area (Å²) in [5, 5.41) is 2.71. The number of carbonyl (C=O) groups is 1. The molecule has 0 radical (unpaired) electrons. The number of fused-ring (bicyclic) bond motifs is 2. The molecule has 1 aliphatic rings. The van der Waals surface area contributed by atoms with Crippen molar-refractivity contribution in [2.24, 2.45) is 4.74 Å². The van der Waals surface area contributed by atoms with Crippen LogP contribution in [-0.4, -0.2) is 12.7 Å². The average Bonchev–Trinajstić information content (AvgIpc) is 2.72. The Bertz CT molecular complexity index is 1050. The molecule has 0 fully saturated rings. The lowest BCUT2D eigenvalue weighted by molar-refractivity contribution is 0.172. The molecule has 1 aliphatic heterocycles. The standard InChI is InChI=1S/C22H16NO3P/c1-2-16-25-22(24)23-27(17-10-4-3-5-11-17)20-14-8-6-12-18(20)26-19-13-7-9-15-21(19)27/h1,3-15H,16H2. The summed E-state index contributed by atoms with van der Waals surface area (Å²) >= 11 is 0. The highest BCUT2D eigenvalue weighted by atomic mass is 31.2. The van der Waals surface area contributed by atoms with Crippen LogP contribution in [0.1, 0.15) is 0 Å². The molecule has 0 bridgehead atoms. The van der Waals surface area contributed by atoms with E-state index >= 15 is 0 Å².